The maximum Gasteiger partial charge on any atom is 0.162 e. The van der Waals surface area contributed by atoms with Crippen LogP contribution in [0.1, 0.15) is 35.0 Å². The summed E-state index contributed by atoms with van der Waals surface area (Å²) in [6, 6.07) is 2.16. The number of hydrogen-bond acceptors (Lipinski definition) is 6. The molecule has 0 amide bonds. The number of piperidine rings is 1. The fourth-order valence-corrected chi connectivity index (χ4v) is 4.49. The average molecular weight is 325 g/mol. The van der Waals surface area contributed by atoms with Crippen molar-refractivity contribution in [3.63, 3.8) is 0 Å². The number of rotatable bonds is 2. The lowest BCUT2D eigenvalue weighted by Gasteiger charge is -2.32. The van der Waals surface area contributed by atoms with E-state index in [2.05, 4.69) is 25.7 Å². The number of nitriles is 1. The van der Waals surface area contributed by atoms with E-state index >= 15 is 0 Å². The largest absolute Gasteiger partial charge is 0.360 e. The zero-order valence-corrected chi connectivity index (χ0v) is 13.4. The normalized spacial score (nSPS) is 19.1. The topological polar surface area (TPSA) is 52.8 Å². The van der Waals surface area contributed by atoms with Gasteiger partial charge >= 0.3 is 0 Å². The standard InChI is InChI=1S/C13H13ClN4S2/c1-8-7-19-12(16-8)9-3-2-4-18(6-9)13-10(5-15)11(14)17-20-13/h7,9H,2-4,6H2,1H3. The van der Waals surface area contributed by atoms with E-state index < -0.39 is 0 Å². The number of halogens is 1. The third-order valence-corrected chi connectivity index (χ3v) is 5.85. The van der Waals surface area contributed by atoms with Crippen LogP contribution in [0.3, 0.4) is 0 Å². The molecule has 1 fully saturated rings. The van der Waals surface area contributed by atoms with E-state index in [0.29, 0.717) is 16.6 Å². The molecule has 104 valence electrons. The predicted molar refractivity (Wildman–Crippen MR) is 82.9 cm³/mol. The van der Waals surface area contributed by atoms with E-state index in [-0.39, 0.29) is 0 Å². The van der Waals surface area contributed by atoms with Gasteiger partial charge in [-0.15, -0.1) is 11.3 Å². The molecule has 0 bridgehead atoms. The van der Waals surface area contributed by atoms with Gasteiger partial charge in [0.2, 0.25) is 0 Å². The Morgan fingerprint density at radius 2 is 2.40 bits per heavy atom. The molecule has 1 aliphatic rings. The lowest BCUT2D eigenvalue weighted by Crippen LogP contribution is -2.34. The van der Waals surface area contributed by atoms with Gasteiger partial charge in [0, 0.05) is 30.1 Å². The Morgan fingerprint density at radius 1 is 1.55 bits per heavy atom. The molecule has 0 aromatic carbocycles. The van der Waals surface area contributed by atoms with Crippen LogP contribution in [0, 0.1) is 18.3 Å². The molecule has 1 unspecified atom stereocenters. The van der Waals surface area contributed by atoms with Crippen LogP contribution in [0.5, 0.6) is 0 Å². The Kier molecular flexibility index (Phi) is 3.92. The van der Waals surface area contributed by atoms with Gasteiger partial charge in [-0.05, 0) is 31.3 Å². The van der Waals surface area contributed by atoms with Crippen LogP contribution >= 0.6 is 34.5 Å². The van der Waals surface area contributed by atoms with E-state index in [1.807, 2.05) is 6.92 Å². The maximum absolute atomic E-state index is 9.20. The van der Waals surface area contributed by atoms with Gasteiger partial charge in [-0.2, -0.15) is 9.64 Å². The fraction of sp³-hybridized carbons (Fsp3) is 0.462. The molecule has 0 radical (unpaired) electrons. The first-order valence-electron chi connectivity index (χ1n) is 6.41. The number of nitrogens with zero attached hydrogens (tertiary/aromatic N) is 4. The van der Waals surface area contributed by atoms with Crippen molar-refractivity contribution in [2.75, 3.05) is 18.0 Å². The van der Waals surface area contributed by atoms with E-state index in [4.69, 9.17) is 11.6 Å². The molecule has 3 heterocycles. The van der Waals surface area contributed by atoms with Crippen molar-refractivity contribution in [1.29, 1.82) is 5.26 Å². The highest BCUT2D eigenvalue weighted by atomic mass is 35.5. The Hall–Kier alpha value is -1.16. The third kappa shape index (κ3) is 2.53. The SMILES string of the molecule is Cc1csc(C2CCCN(c3snc(Cl)c3C#N)C2)n1. The van der Waals surface area contributed by atoms with Gasteiger partial charge in [0.15, 0.2) is 5.15 Å². The molecule has 3 rings (SSSR count). The van der Waals surface area contributed by atoms with E-state index in [9.17, 15) is 5.26 Å². The highest BCUT2D eigenvalue weighted by Crippen LogP contribution is 2.36. The molecule has 2 aromatic heterocycles. The molecule has 0 N–H and O–H groups in total. The van der Waals surface area contributed by atoms with E-state index in [1.54, 1.807) is 11.3 Å². The average Bonchev–Trinajstić information content (AvgIpc) is 3.05. The van der Waals surface area contributed by atoms with Crippen LogP contribution in [0.2, 0.25) is 5.15 Å². The summed E-state index contributed by atoms with van der Waals surface area (Å²) in [5.41, 5.74) is 1.59. The Bertz CT molecular complexity index is 658. The summed E-state index contributed by atoms with van der Waals surface area (Å²) in [6.45, 7) is 3.87. The smallest absolute Gasteiger partial charge is 0.162 e. The van der Waals surface area contributed by atoms with Gasteiger partial charge in [0.05, 0.1) is 5.01 Å². The van der Waals surface area contributed by atoms with Gasteiger partial charge in [-0.1, -0.05) is 11.6 Å². The Labute approximate surface area is 130 Å². The van der Waals surface area contributed by atoms with Crippen molar-refractivity contribution in [2.24, 2.45) is 0 Å². The first-order valence-corrected chi connectivity index (χ1v) is 8.44. The summed E-state index contributed by atoms with van der Waals surface area (Å²) in [4.78, 5) is 6.83. The zero-order chi connectivity index (χ0) is 14.1. The van der Waals surface area contributed by atoms with Crippen molar-refractivity contribution in [3.8, 4) is 6.07 Å². The Balaban J connectivity index is 1.83. The van der Waals surface area contributed by atoms with Gasteiger partial charge < -0.3 is 4.90 Å². The van der Waals surface area contributed by atoms with Gasteiger partial charge in [-0.25, -0.2) is 4.98 Å². The monoisotopic (exact) mass is 324 g/mol. The molecule has 20 heavy (non-hydrogen) atoms. The van der Waals surface area contributed by atoms with Crippen molar-refractivity contribution in [3.05, 3.63) is 26.8 Å². The summed E-state index contributed by atoms with van der Waals surface area (Å²) >= 11 is 9.00. The fourth-order valence-electron chi connectivity index (χ4n) is 2.50. The summed E-state index contributed by atoms with van der Waals surface area (Å²) in [5.74, 6) is 0.440. The quantitative estimate of drug-likeness (QED) is 0.842. The van der Waals surface area contributed by atoms with Gasteiger partial charge in [-0.3, -0.25) is 0 Å². The number of thiazole rings is 1. The number of anilines is 1. The first kappa shape index (κ1) is 13.8. The number of aromatic nitrogens is 2. The molecule has 0 saturated carbocycles. The highest BCUT2D eigenvalue weighted by molar-refractivity contribution is 7.11. The van der Waals surface area contributed by atoms with E-state index in [1.165, 1.54) is 16.5 Å². The minimum atomic E-state index is 0.319. The molecule has 4 nitrogen and oxygen atoms in total. The van der Waals surface area contributed by atoms with Crippen molar-refractivity contribution >= 4 is 39.5 Å². The minimum Gasteiger partial charge on any atom is -0.360 e. The molecule has 0 spiro atoms. The number of hydrogen-bond donors (Lipinski definition) is 0. The van der Waals surface area contributed by atoms with Gasteiger partial charge in [0.25, 0.3) is 0 Å². The predicted octanol–water partition coefficient (Wildman–Crippen LogP) is 3.82. The van der Waals surface area contributed by atoms with Crippen molar-refractivity contribution < 1.29 is 0 Å². The van der Waals surface area contributed by atoms with E-state index in [0.717, 1.165) is 36.6 Å². The van der Waals surface area contributed by atoms with Crippen LogP contribution in [0.15, 0.2) is 5.38 Å². The van der Waals surface area contributed by atoms with Crippen LogP contribution in [0.25, 0.3) is 0 Å². The van der Waals surface area contributed by atoms with Crippen LogP contribution in [-0.4, -0.2) is 22.4 Å². The molecule has 1 saturated heterocycles. The molecular weight excluding hydrogens is 312 g/mol. The maximum atomic E-state index is 9.20. The molecule has 1 aliphatic heterocycles. The Morgan fingerprint density at radius 3 is 3.10 bits per heavy atom. The third-order valence-electron chi connectivity index (χ3n) is 3.44. The highest BCUT2D eigenvalue weighted by Gasteiger charge is 2.27. The second-order valence-corrected chi connectivity index (χ2v) is 6.88. The lowest BCUT2D eigenvalue weighted by molar-refractivity contribution is 0.510. The van der Waals surface area contributed by atoms with Gasteiger partial charge in [0.1, 0.15) is 16.6 Å². The zero-order valence-electron chi connectivity index (χ0n) is 11.0. The summed E-state index contributed by atoms with van der Waals surface area (Å²) in [6.07, 6.45) is 2.25. The van der Waals surface area contributed by atoms with Crippen molar-refractivity contribution in [2.45, 2.75) is 25.7 Å². The molecule has 2 aromatic rings. The molecule has 7 heteroatoms. The second-order valence-electron chi connectivity index (χ2n) is 4.88. The lowest BCUT2D eigenvalue weighted by atomic mass is 9.99. The molecule has 1 atom stereocenters. The summed E-state index contributed by atoms with van der Waals surface area (Å²) < 4.78 is 4.09. The van der Waals surface area contributed by atoms with Crippen LogP contribution in [0.4, 0.5) is 5.00 Å². The summed E-state index contributed by atoms with van der Waals surface area (Å²) in [7, 11) is 0. The first-order chi connectivity index (χ1) is 9.69. The molecule has 0 aliphatic carbocycles. The minimum absolute atomic E-state index is 0.319. The second kappa shape index (κ2) is 5.68. The molecular formula is C13H13ClN4S2. The number of aryl methyl sites for hydroxylation is 1. The summed E-state index contributed by atoms with van der Waals surface area (Å²) in [5, 5.41) is 13.7. The van der Waals surface area contributed by atoms with Crippen molar-refractivity contribution in [1.82, 2.24) is 9.36 Å². The van der Waals surface area contributed by atoms with Crippen LogP contribution in [-0.2, 0) is 0 Å². The van der Waals surface area contributed by atoms with Crippen LogP contribution < -0.4 is 4.90 Å².